The van der Waals surface area contributed by atoms with Gasteiger partial charge in [-0.15, -0.1) is 0 Å². The molecule has 0 aliphatic heterocycles. The number of aromatic amines is 1. The van der Waals surface area contributed by atoms with Gasteiger partial charge in [0.05, 0.1) is 17.4 Å². The Morgan fingerprint density at radius 1 is 0.935 bits per heavy atom. The number of amides is 4. The predicted octanol–water partition coefficient (Wildman–Crippen LogP) is -0.628. The second-order valence-corrected chi connectivity index (χ2v) is 12.1. The number of nitrogens with two attached hydrogens (primary N) is 2. The Morgan fingerprint density at radius 2 is 1.54 bits per heavy atom. The van der Waals surface area contributed by atoms with Crippen molar-refractivity contribution < 1.29 is 38.2 Å². The Bertz CT molecular complexity index is 1630. The van der Waals surface area contributed by atoms with Gasteiger partial charge in [-0.1, -0.05) is 30.3 Å². The number of hydrogen-bond acceptors (Lipinski definition) is 9. The normalized spacial score (nSPS) is 14.3. The number of hydrogen-bond donors (Lipinski definition) is 7. The van der Waals surface area contributed by atoms with Crippen molar-refractivity contribution in [1.82, 2.24) is 20.9 Å². The van der Waals surface area contributed by atoms with Crippen molar-refractivity contribution in [3.63, 3.8) is 0 Å². The zero-order chi connectivity index (χ0) is 34.0. The van der Waals surface area contributed by atoms with E-state index in [1.165, 1.54) is 30.5 Å². The molecular formula is C29H35N7O9S. The number of nitrogens with one attached hydrogen (secondary N) is 4. The maximum atomic E-state index is 13.3. The van der Waals surface area contributed by atoms with E-state index in [9.17, 15) is 43.4 Å². The summed E-state index contributed by atoms with van der Waals surface area (Å²) >= 11 is 0. The highest BCUT2D eigenvalue weighted by Crippen LogP contribution is 2.19. The summed E-state index contributed by atoms with van der Waals surface area (Å²) in [4.78, 5) is 76.6. The number of primary amides is 1. The van der Waals surface area contributed by atoms with Crippen LogP contribution in [0.2, 0.25) is 0 Å². The van der Waals surface area contributed by atoms with E-state index in [1.807, 2.05) is 24.3 Å². The Balaban J connectivity index is 1.72. The van der Waals surface area contributed by atoms with Crippen LogP contribution < -0.4 is 27.4 Å². The number of carbonyl (C=O) groups excluding carboxylic acids is 4. The number of nitrogens with zero attached hydrogens (tertiary/aromatic N) is 1. The summed E-state index contributed by atoms with van der Waals surface area (Å²) in [6.45, 7) is 0. The summed E-state index contributed by atoms with van der Waals surface area (Å²) < 4.78 is 11.8. The molecule has 0 aliphatic rings. The van der Waals surface area contributed by atoms with Crippen LogP contribution in [0.25, 0.3) is 10.9 Å². The molecule has 0 radical (unpaired) electrons. The number of carboxylic acids is 1. The SMILES string of the molecule is CS(=O)CC[C@H](NC(=O)[C@H](N)Cc1c[nH]c2ccccc12)C(=O)N[C@@H](CC(=O)O)C(=O)N[C@@H](Cc1ccc([N+](=O)[O-])cc1)C(N)=O. The second kappa shape index (κ2) is 16.2. The van der Waals surface area contributed by atoms with Crippen molar-refractivity contribution in [1.29, 1.82) is 0 Å². The van der Waals surface area contributed by atoms with Crippen LogP contribution in [0.5, 0.6) is 0 Å². The number of aliphatic carboxylic acids is 1. The number of H-pyrrole nitrogens is 1. The van der Waals surface area contributed by atoms with Crippen LogP contribution in [0, 0.1) is 10.1 Å². The zero-order valence-corrected chi connectivity index (χ0v) is 25.6. The first-order valence-corrected chi connectivity index (χ1v) is 15.7. The number of aromatic nitrogens is 1. The van der Waals surface area contributed by atoms with Gasteiger partial charge in [-0.2, -0.15) is 0 Å². The highest BCUT2D eigenvalue weighted by Gasteiger charge is 2.31. The minimum Gasteiger partial charge on any atom is -0.481 e. The van der Waals surface area contributed by atoms with E-state index in [0.29, 0.717) is 5.56 Å². The van der Waals surface area contributed by atoms with Crippen molar-refractivity contribution in [3.8, 4) is 0 Å². The van der Waals surface area contributed by atoms with Gasteiger partial charge in [0.1, 0.15) is 18.1 Å². The molecule has 0 bridgehead atoms. The van der Waals surface area contributed by atoms with Crippen LogP contribution >= 0.6 is 0 Å². The summed E-state index contributed by atoms with van der Waals surface area (Å²) in [7, 11) is -1.37. The summed E-state index contributed by atoms with van der Waals surface area (Å²) in [5, 5.41) is 28.3. The van der Waals surface area contributed by atoms with E-state index in [0.717, 1.165) is 16.5 Å². The average Bonchev–Trinajstić information content (AvgIpc) is 3.40. The van der Waals surface area contributed by atoms with Gasteiger partial charge >= 0.3 is 5.97 Å². The maximum Gasteiger partial charge on any atom is 0.305 e. The summed E-state index contributed by atoms with van der Waals surface area (Å²) in [5.41, 5.74) is 13.4. The van der Waals surface area contributed by atoms with Crippen molar-refractivity contribution in [2.75, 3.05) is 12.0 Å². The second-order valence-electron chi connectivity index (χ2n) is 10.5. The van der Waals surface area contributed by atoms with E-state index in [2.05, 4.69) is 20.9 Å². The highest BCUT2D eigenvalue weighted by molar-refractivity contribution is 7.84. The van der Waals surface area contributed by atoms with Gasteiger partial charge in [0.15, 0.2) is 0 Å². The van der Waals surface area contributed by atoms with Gasteiger partial charge in [-0.25, -0.2) is 0 Å². The fourth-order valence-corrected chi connectivity index (χ4v) is 5.17. The minimum atomic E-state index is -1.70. The van der Waals surface area contributed by atoms with Crippen molar-refractivity contribution >= 4 is 57.0 Å². The molecule has 46 heavy (non-hydrogen) atoms. The first-order valence-electron chi connectivity index (χ1n) is 14.0. The van der Waals surface area contributed by atoms with Crippen molar-refractivity contribution in [3.05, 3.63) is 76.0 Å². The average molecular weight is 658 g/mol. The number of carbonyl (C=O) groups is 5. The number of nitro benzene ring substituents is 1. The Kier molecular flexibility index (Phi) is 12.5. The predicted molar refractivity (Wildman–Crippen MR) is 168 cm³/mol. The van der Waals surface area contributed by atoms with Crippen molar-refractivity contribution in [2.24, 2.45) is 11.5 Å². The monoisotopic (exact) mass is 657 g/mol. The molecule has 9 N–H and O–H groups in total. The van der Waals surface area contributed by atoms with Gasteiger partial charge < -0.3 is 37.5 Å². The molecule has 1 heterocycles. The summed E-state index contributed by atoms with van der Waals surface area (Å²) in [6.07, 6.45) is 2.06. The molecule has 0 aliphatic carbocycles. The Morgan fingerprint density at radius 3 is 2.15 bits per heavy atom. The molecular weight excluding hydrogens is 622 g/mol. The van der Waals surface area contributed by atoms with Crippen LogP contribution in [0.3, 0.4) is 0 Å². The molecule has 0 fully saturated rings. The lowest BCUT2D eigenvalue weighted by Gasteiger charge is -2.25. The highest BCUT2D eigenvalue weighted by atomic mass is 32.2. The molecule has 4 amide bonds. The topological polar surface area (TPSA) is 270 Å². The first kappa shape index (κ1) is 35.3. The van der Waals surface area contributed by atoms with E-state index in [1.54, 1.807) is 6.20 Å². The van der Waals surface area contributed by atoms with Gasteiger partial charge in [-0.05, 0) is 30.0 Å². The smallest absolute Gasteiger partial charge is 0.305 e. The van der Waals surface area contributed by atoms with Gasteiger partial charge in [-0.3, -0.25) is 38.3 Å². The number of rotatable bonds is 17. The van der Waals surface area contributed by atoms with Gasteiger partial charge in [0.25, 0.3) is 5.69 Å². The van der Waals surface area contributed by atoms with Crippen LogP contribution in [0.1, 0.15) is 24.0 Å². The Labute approximate surface area is 265 Å². The molecule has 2 aromatic carbocycles. The molecule has 1 aromatic heterocycles. The maximum absolute atomic E-state index is 13.3. The molecule has 0 saturated heterocycles. The largest absolute Gasteiger partial charge is 0.481 e. The first-order chi connectivity index (χ1) is 21.7. The number of non-ortho nitro benzene ring substituents is 1. The van der Waals surface area contributed by atoms with E-state index < -0.39 is 75.9 Å². The molecule has 16 nitrogen and oxygen atoms in total. The molecule has 246 valence electrons. The van der Waals surface area contributed by atoms with E-state index >= 15 is 0 Å². The van der Waals surface area contributed by atoms with E-state index in [-0.39, 0.29) is 30.7 Å². The number of carboxylic acid groups (broad SMARTS) is 1. The van der Waals surface area contributed by atoms with Crippen LogP contribution in [-0.2, 0) is 47.6 Å². The molecule has 3 rings (SSSR count). The van der Waals surface area contributed by atoms with Gasteiger partial charge in [0.2, 0.25) is 23.6 Å². The molecule has 3 aromatic rings. The third-order valence-corrected chi connectivity index (χ3v) is 7.85. The summed E-state index contributed by atoms with van der Waals surface area (Å²) in [5.74, 6) is -5.14. The molecule has 1 unspecified atom stereocenters. The third-order valence-electron chi connectivity index (χ3n) is 7.04. The van der Waals surface area contributed by atoms with Crippen LogP contribution in [0.15, 0.2) is 54.7 Å². The molecule has 17 heteroatoms. The lowest BCUT2D eigenvalue weighted by atomic mass is 10.0. The van der Waals surface area contributed by atoms with Crippen LogP contribution in [0.4, 0.5) is 5.69 Å². The molecule has 5 atom stereocenters. The fourth-order valence-electron chi connectivity index (χ4n) is 4.60. The van der Waals surface area contributed by atoms with E-state index in [4.69, 9.17) is 11.5 Å². The molecule has 0 saturated carbocycles. The number of nitro groups is 1. The Hall–Kier alpha value is -5.16. The number of benzene rings is 2. The summed E-state index contributed by atoms with van der Waals surface area (Å²) in [6, 6.07) is 7.06. The number of para-hydroxylation sites is 1. The van der Waals surface area contributed by atoms with Crippen molar-refractivity contribution in [2.45, 2.75) is 49.9 Å². The zero-order valence-electron chi connectivity index (χ0n) is 24.8. The minimum absolute atomic E-state index is 0.00909. The fraction of sp³-hybridized carbons (Fsp3) is 0.345. The molecule has 0 spiro atoms. The number of fused-ring (bicyclic) bond motifs is 1. The van der Waals surface area contributed by atoms with Crippen LogP contribution in [-0.4, -0.2) is 85.0 Å². The third kappa shape index (κ3) is 10.2. The lowest BCUT2D eigenvalue weighted by Crippen LogP contribution is -2.58. The lowest BCUT2D eigenvalue weighted by molar-refractivity contribution is -0.384. The standard InChI is InChI=1S/C29H35N7O9S/c1-46(45)11-10-22(33-27(40)20(30)13-17-15-32-21-5-3-2-4-19(17)21)28(41)35-24(14-25(37)38)29(42)34-23(26(31)39)12-16-6-8-18(9-7-16)36(43)44/h2-9,15,20,22-24,32H,10-14,30H2,1H3,(H2,31,39)(H,33,40)(H,34,42)(H,35,41)(H,37,38)/t20-,22+,23+,24+,46?/m1/s1. The quantitative estimate of drug-likeness (QED) is 0.0713. The van der Waals surface area contributed by atoms with Gasteiger partial charge in [0, 0.05) is 58.5 Å².